The van der Waals surface area contributed by atoms with Crippen LogP contribution in [0.1, 0.15) is 12.5 Å². The van der Waals surface area contributed by atoms with E-state index in [0.29, 0.717) is 11.3 Å². The number of halogens is 1. The number of carbonyl (C=O) groups excluding carboxylic acids is 1. The van der Waals surface area contributed by atoms with Crippen LogP contribution in [0.3, 0.4) is 0 Å². The molecule has 2 aromatic carbocycles. The first kappa shape index (κ1) is 17.9. The fourth-order valence-corrected chi connectivity index (χ4v) is 3.23. The molecule has 0 N–H and O–H groups in total. The second-order valence-corrected chi connectivity index (χ2v) is 7.37. The van der Waals surface area contributed by atoms with E-state index in [2.05, 4.69) is 0 Å². The van der Waals surface area contributed by atoms with Crippen LogP contribution in [0, 0.1) is 5.82 Å². The summed E-state index contributed by atoms with van der Waals surface area (Å²) in [5, 5.41) is -1.39. The zero-order valence-electron chi connectivity index (χ0n) is 13.2. The summed E-state index contributed by atoms with van der Waals surface area (Å²) < 4.78 is 47.8. The normalized spacial score (nSPS) is 12.5. The molecule has 2 aromatic rings. The van der Waals surface area contributed by atoms with Gasteiger partial charge in [-0.15, -0.1) is 0 Å². The average molecular weight is 352 g/mol. The molecule has 0 radical (unpaired) electrons. The Bertz CT molecular complexity index is 815. The van der Waals surface area contributed by atoms with E-state index in [-0.39, 0.29) is 11.5 Å². The maximum atomic E-state index is 12.9. The van der Waals surface area contributed by atoms with Crippen molar-refractivity contribution in [2.24, 2.45) is 0 Å². The summed E-state index contributed by atoms with van der Waals surface area (Å²) in [5.74, 6) is -0.820. The Kier molecular flexibility index (Phi) is 5.56. The maximum absolute atomic E-state index is 12.9. The highest BCUT2D eigenvalue weighted by Gasteiger charge is 2.31. The van der Waals surface area contributed by atoms with Gasteiger partial charge >= 0.3 is 5.97 Å². The zero-order valence-corrected chi connectivity index (χ0v) is 14.0. The maximum Gasteiger partial charge on any atom is 0.324 e. The number of ether oxygens (including phenoxy) is 2. The van der Waals surface area contributed by atoms with Gasteiger partial charge in [0, 0.05) is 0 Å². The molecule has 0 aromatic heterocycles. The molecule has 0 heterocycles. The molecule has 1 atom stereocenters. The number of benzene rings is 2. The van der Waals surface area contributed by atoms with E-state index >= 15 is 0 Å². The molecule has 0 amide bonds. The van der Waals surface area contributed by atoms with Crippen molar-refractivity contribution in [1.82, 2.24) is 0 Å². The third-order valence-corrected chi connectivity index (χ3v) is 5.51. The van der Waals surface area contributed by atoms with Crippen LogP contribution in [0.5, 0.6) is 5.75 Å². The first-order valence-electron chi connectivity index (χ1n) is 7.13. The minimum Gasteiger partial charge on any atom is -0.497 e. The van der Waals surface area contributed by atoms with Gasteiger partial charge in [0.05, 0.1) is 12.0 Å². The van der Waals surface area contributed by atoms with E-state index in [1.165, 1.54) is 14.0 Å². The molecule has 0 saturated carbocycles. The number of rotatable bonds is 6. The molecule has 0 aliphatic heterocycles. The van der Waals surface area contributed by atoms with E-state index < -0.39 is 26.9 Å². The van der Waals surface area contributed by atoms with Gasteiger partial charge in [0.25, 0.3) is 0 Å². The standard InChI is InChI=1S/C17H17FO5S/c1-12(24(20,21)16-8-6-14(18)7-9-16)17(19)23-11-13-4-3-5-15(10-13)22-2/h3-10,12H,11H2,1-2H3. The minimum atomic E-state index is -3.94. The number of carbonyl (C=O) groups is 1. The van der Waals surface area contributed by atoms with Gasteiger partial charge in [-0.3, -0.25) is 4.79 Å². The monoisotopic (exact) mass is 352 g/mol. The predicted molar refractivity (Wildman–Crippen MR) is 85.8 cm³/mol. The Hall–Kier alpha value is -2.41. The van der Waals surface area contributed by atoms with E-state index in [4.69, 9.17) is 9.47 Å². The van der Waals surface area contributed by atoms with Crippen LogP contribution in [0.15, 0.2) is 53.4 Å². The number of esters is 1. The van der Waals surface area contributed by atoms with E-state index in [9.17, 15) is 17.6 Å². The lowest BCUT2D eigenvalue weighted by Crippen LogP contribution is -2.29. The van der Waals surface area contributed by atoms with Crippen molar-refractivity contribution >= 4 is 15.8 Å². The lowest BCUT2D eigenvalue weighted by molar-refractivity contribution is -0.144. The molecule has 0 aliphatic rings. The summed E-state index contributed by atoms with van der Waals surface area (Å²) in [7, 11) is -2.42. The molecule has 128 valence electrons. The summed E-state index contributed by atoms with van der Waals surface area (Å²) in [6.45, 7) is 1.17. The largest absolute Gasteiger partial charge is 0.497 e. The van der Waals surface area contributed by atoms with Gasteiger partial charge in [-0.2, -0.15) is 0 Å². The molecule has 2 rings (SSSR count). The Morgan fingerprint density at radius 2 is 1.83 bits per heavy atom. The van der Waals surface area contributed by atoms with Crippen molar-refractivity contribution in [3.63, 3.8) is 0 Å². The molecule has 0 aliphatic carbocycles. The molecule has 0 bridgehead atoms. The summed E-state index contributed by atoms with van der Waals surface area (Å²) >= 11 is 0. The van der Waals surface area contributed by atoms with Crippen molar-refractivity contribution in [3.8, 4) is 5.75 Å². The Morgan fingerprint density at radius 3 is 2.46 bits per heavy atom. The molecule has 1 unspecified atom stereocenters. The van der Waals surface area contributed by atoms with Crippen molar-refractivity contribution in [2.45, 2.75) is 23.7 Å². The van der Waals surface area contributed by atoms with Crippen LogP contribution in [0.25, 0.3) is 0 Å². The highest BCUT2D eigenvalue weighted by Crippen LogP contribution is 2.19. The Morgan fingerprint density at radius 1 is 1.17 bits per heavy atom. The van der Waals surface area contributed by atoms with Gasteiger partial charge in [-0.05, 0) is 48.9 Å². The van der Waals surface area contributed by atoms with Gasteiger partial charge in [-0.1, -0.05) is 12.1 Å². The van der Waals surface area contributed by atoms with Gasteiger partial charge < -0.3 is 9.47 Å². The Labute approximate surface area is 139 Å². The fraction of sp³-hybridized carbons (Fsp3) is 0.235. The quantitative estimate of drug-likeness (QED) is 0.591. The molecule has 0 fully saturated rings. The van der Waals surface area contributed by atoms with Crippen LogP contribution in [-0.4, -0.2) is 26.7 Å². The summed E-state index contributed by atoms with van der Waals surface area (Å²) in [6, 6.07) is 11.2. The van der Waals surface area contributed by atoms with E-state index in [0.717, 1.165) is 24.3 Å². The Balaban J connectivity index is 2.07. The van der Waals surface area contributed by atoms with Gasteiger partial charge in [0.15, 0.2) is 15.1 Å². The lowest BCUT2D eigenvalue weighted by Gasteiger charge is -2.13. The minimum absolute atomic E-state index is 0.0701. The molecule has 7 heteroatoms. The zero-order chi connectivity index (χ0) is 17.7. The van der Waals surface area contributed by atoms with Gasteiger partial charge in [0.1, 0.15) is 18.2 Å². The molecular formula is C17H17FO5S. The number of methoxy groups -OCH3 is 1. The SMILES string of the molecule is COc1cccc(COC(=O)C(C)S(=O)(=O)c2ccc(F)cc2)c1. The summed E-state index contributed by atoms with van der Waals surface area (Å²) in [6.07, 6.45) is 0. The van der Waals surface area contributed by atoms with Crippen LogP contribution >= 0.6 is 0 Å². The van der Waals surface area contributed by atoms with Crippen molar-refractivity contribution in [2.75, 3.05) is 7.11 Å². The first-order chi connectivity index (χ1) is 11.3. The third kappa shape index (κ3) is 4.11. The van der Waals surface area contributed by atoms with E-state index in [1.54, 1.807) is 24.3 Å². The third-order valence-electron chi connectivity index (χ3n) is 3.45. The van der Waals surface area contributed by atoms with Gasteiger partial charge in [-0.25, -0.2) is 12.8 Å². The van der Waals surface area contributed by atoms with E-state index in [1.807, 2.05) is 0 Å². The van der Waals surface area contributed by atoms with Crippen molar-refractivity contribution in [3.05, 3.63) is 59.9 Å². The molecule has 0 saturated heterocycles. The number of hydrogen-bond donors (Lipinski definition) is 0. The smallest absolute Gasteiger partial charge is 0.324 e. The first-order valence-corrected chi connectivity index (χ1v) is 8.68. The highest BCUT2D eigenvalue weighted by molar-refractivity contribution is 7.92. The predicted octanol–water partition coefficient (Wildman–Crippen LogP) is 2.74. The van der Waals surface area contributed by atoms with Gasteiger partial charge in [0.2, 0.25) is 0 Å². The lowest BCUT2D eigenvalue weighted by atomic mass is 10.2. The topological polar surface area (TPSA) is 69.7 Å². The van der Waals surface area contributed by atoms with Crippen molar-refractivity contribution in [1.29, 1.82) is 0 Å². The van der Waals surface area contributed by atoms with Crippen molar-refractivity contribution < 1.29 is 27.1 Å². The number of sulfone groups is 1. The number of hydrogen-bond acceptors (Lipinski definition) is 5. The fourth-order valence-electron chi connectivity index (χ4n) is 1.99. The second-order valence-electron chi connectivity index (χ2n) is 5.10. The van der Waals surface area contributed by atoms with Crippen LogP contribution < -0.4 is 4.74 Å². The second kappa shape index (κ2) is 7.44. The molecule has 24 heavy (non-hydrogen) atoms. The van der Waals surface area contributed by atoms with Crippen LogP contribution in [0.4, 0.5) is 4.39 Å². The highest BCUT2D eigenvalue weighted by atomic mass is 32.2. The molecular weight excluding hydrogens is 335 g/mol. The summed E-state index contributed by atoms with van der Waals surface area (Å²) in [5.41, 5.74) is 0.675. The summed E-state index contributed by atoms with van der Waals surface area (Å²) in [4.78, 5) is 11.9. The average Bonchev–Trinajstić information content (AvgIpc) is 2.59. The van der Waals surface area contributed by atoms with Crippen LogP contribution in [0.2, 0.25) is 0 Å². The van der Waals surface area contributed by atoms with Crippen LogP contribution in [-0.2, 0) is 26.0 Å². The molecule has 0 spiro atoms. The molecule has 5 nitrogen and oxygen atoms in total.